The van der Waals surface area contributed by atoms with Crippen LogP contribution >= 0.6 is 11.3 Å². The van der Waals surface area contributed by atoms with E-state index < -0.39 is 0 Å². The van der Waals surface area contributed by atoms with E-state index in [1.807, 2.05) is 11.6 Å². The fourth-order valence-corrected chi connectivity index (χ4v) is 6.36. The topological polar surface area (TPSA) is 58.4 Å². The summed E-state index contributed by atoms with van der Waals surface area (Å²) in [4.78, 5) is 12.1. The summed E-state index contributed by atoms with van der Waals surface area (Å²) in [5.74, 6) is 0. The van der Waals surface area contributed by atoms with Gasteiger partial charge in [-0.2, -0.15) is 5.26 Å². The first-order valence-corrected chi connectivity index (χ1v) is 12.0. The molecule has 0 radical (unpaired) electrons. The third-order valence-electron chi connectivity index (χ3n) is 7.09. The number of hydrogen-bond acceptors (Lipinski definition) is 7. The standard InChI is InChI=1S/C24H26N6S/c1-16-12-29(21-5-2-17(11-25)23-24(21)31-15-27-23)14-22-20-4-3-19(10-18(20)13-30(16)22)28-8-6-26-7-9-28/h2-5,10,15-16,22,26H,6-9,12-14H2,1H3/t16-,22-/m1/s1. The molecule has 3 aromatic rings. The molecule has 31 heavy (non-hydrogen) atoms. The second-order valence-corrected chi connectivity index (χ2v) is 9.69. The highest BCUT2D eigenvalue weighted by Crippen LogP contribution is 2.42. The number of piperazine rings is 2. The van der Waals surface area contributed by atoms with Gasteiger partial charge in [-0.25, -0.2) is 4.98 Å². The van der Waals surface area contributed by atoms with Crippen molar-refractivity contribution in [3.63, 3.8) is 0 Å². The minimum absolute atomic E-state index is 0.412. The molecule has 2 fully saturated rings. The highest BCUT2D eigenvalue weighted by molar-refractivity contribution is 7.17. The predicted molar refractivity (Wildman–Crippen MR) is 126 cm³/mol. The van der Waals surface area contributed by atoms with Crippen LogP contribution in [0.4, 0.5) is 11.4 Å². The van der Waals surface area contributed by atoms with Crippen molar-refractivity contribution in [2.75, 3.05) is 49.1 Å². The van der Waals surface area contributed by atoms with Crippen molar-refractivity contribution < 1.29 is 0 Å². The lowest BCUT2D eigenvalue weighted by molar-refractivity contribution is 0.134. The van der Waals surface area contributed by atoms with Crippen LogP contribution < -0.4 is 15.1 Å². The SMILES string of the molecule is C[C@@H]1CN(c2ccc(C#N)c3ncsc23)C[C@@H]2c3ccc(N4CCNCC4)cc3CN12. The minimum Gasteiger partial charge on any atom is -0.369 e. The zero-order valence-electron chi connectivity index (χ0n) is 17.7. The van der Waals surface area contributed by atoms with Gasteiger partial charge in [0.05, 0.1) is 27.5 Å². The number of anilines is 2. The van der Waals surface area contributed by atoms with Gasteiger partial charge < -0.3 is 15.1 Å². The molecule has 7 heteroatoms. The molecule has 0 amide bonds. The summed E-state index contributed by atoms with van der Waals surface area (Å²) in [6, 6.07) is 14.3. The first-order chi connectivity index (χ1) is 15.2. The Balaban J connectivity index is 1.32. The number of nitrogens with one attached hydrogen (secondary N) is 1. The van der Waals surface area contributed by atoms with Gasteiger partial charge in [0.1, 0.15) is 11.6 Å². The molecule has 2 atom stereocenters. The lowest BCUT2D eigenvalue weighted by atomic mass is 10.00. The summed E-state index contributed by atoms with van der Waals surface area (Å²) in [7, 11) is 0. The first-order valence-electron chi connectivity index (χ1n) is 11.1. The Bertz CT molecular complexity index is 1170. The highest BCUT2D eigenvalue weighted by atomic mass is 32.1. The average molecular weight is 431 g/mol. The van der Waals surface area contributed by atoms with Gasteiger partial charge in [0, 0.05) is 57.5 Å². The summed E-state index contributed by atoms with van der Waals surface area (Å²) in [6.45, 7) is 9.65. The molecule has 0 spiro atoms. The number of nitriles is 1. The van der Waals surface area contributed by atoms with Crippen LogP contribution in [0, 0.1) is 11.3 Å². The van der Waals surface area contributed by atoms with Gasteiger partial charge in [-0.05, 0) is 42.3 Å². The number of fused-ring (bicyclic) bond motifs is 4. The maximum atomic E-state index is 9.43. The van der Waals surface area contributed by atoms with Crippen molar-refractivity contribution >= 4 is 32.9 Å². The molecular formula is C24H26N6S. The second-order valence-electron chi connectivity index (χ2n) is 8.84. The van der Waals surface area contributed by atoms with Crippen LogP contribution in [0.15, 0.2) is 35.8 Å². The van der Waals surface area contributed by atoms with Crippen molar-refractivity contribution in [1.82, 2.24) is 15.2 Å². The Morgan fingerprint density at radius 3 is 2.84 bits per heavy atom. The number of thiazole rings is 1. The molecule has 3 aliphatic heterocycles. The zero-order chi connectivity index (χ0) is 20.9. The molecule has 1 aromatic heterocycles. The quantitative estimate of drug-likeness (QED) is 0.673. The maximum absolute atomic E-state index is 9.43. The maximum Gasteiger partial charge on any atom is 0.101 e. The van der Waals surface area contributed by atoms with Crippen molar-refractivity contribution in [3.8, 4) is 6.07 Å². The molecule has 0 saturated carbocycles. The smallest absolute Gasteiger partial charge is 0.101 e. The van der Waals surface area contributed by atoms with Gasteiger partial charge in [0.2, 0.25) is 0 Å². The molecule has 1 N–H and O–H groups in total. The zero-order valence-corrected chi connectivity index (χ0v) is 18.5. The summed E-state index contributed by atoms with van der Waals surface area (Å²) >= 11 is 1.64. The van der Waals surface area contributed by atoms with Crippen LogP contribution in [0.25, 0.3) is 10.2 Å². The lowest BCUT2D eigenvalue weighted by Crippen LogP contribution is -2.51. The monoisotopic (exact) mass is 430 g/mol. The Labute approximate surface area is 186 Å². The molecule has 0 bridgehead atoms. The highest BCUT2D eigenvalue weighted by Gasteiger charge is 2.39. The lowest BCUT2D eigenvalue weighted by Gasteiger charge is -2.43. The van der Waals surface area contributed by atoms with E-state index in [4.69, 9.17) is 0 Å². The van der Waals surface area contributed by atoms with E-state index in [2.05, 4.69) is 62.3 Å². The number of rotatable bonds is 2. The first kappa shape index (κ1) is 19.1. The summed E-state index contributed by atoms with van der Waals surface area (Å²) in [5, 5.41) is 12.9. The predicted octanol–water partition coefficient (Wildman–Crippen LogP) is 3.34. The molecule has 2 saturated heterocycles. The largest absolute Gasteiger partial charge is 0.369 e. The summed E-state index contributed by atoms with van der Waals surface area (Å²) < 4.78 is 1.13. The fraction of sp³-hybridized carbons (Fsp3) is 0.417. The van der Waals surface area contributed by atoms with E-state index in [1.54, 1.807) is 11.3 Å². The molecule has 2 aromatic carbocycles. The molecule has 6 nitrogen and oxygen atoms in total. The number of hydrogen-bond donors (Lipinski definition) is 1. The molecule has 0 aliphatic carbocycles. The third-order valence-corrected chi connectivity index (χ3v) is 7.94. The van der Waals surface area contributed by atoms with Gasteiger partial charge >= 0.3 is 0 Å². The van der Waals surface area contributed by atoms with Crippen LogP contribution in [0.2, 0.25) is 0 Å². The molecular weight excluding hydrogens is 404 g/mol. The Morgan fingerprint density at radius 1 is 1.13 bits per heavy atom. The van der Waals surface area contributed by atoms with Gasteiger partial charge in [0.15, 0.2) is 0 Å². The van der Waals surface area contributed by atoms with Crippen molar-refractivity contribution in [2.24, 2.45) is 0 Å². The summed E-state index contributed by atoms with van der Waals surface area (Å²) in [5.41, 5.74) is 8.90. The Morgan fingerprint density at radius 2 is 2.00 bits per heavy atom. The van der Waals surface area contributed by atoms with E-state index in [1.165, 1.54) is 22.5 Å². The van der Waals surface area contributed by atoms with Crippen LogP contribution in [0.3, 0.4) is 0 Å². The van der Waals surface area contributed by atoms with Gasteiger partial charge in [-0.15, -0.1) is 11.3 Å². The normalized spacial score (nSPS) is 23.6. The minimum atomic E-state index is 0.412. The molecule has 158 valence electrons. The Hall–Kier alpha value is -2.66. The van der Waals surface area contributed by atoms with Crippen LogP contribution in [-0.4, -0.2) is 55.2 Å². The molecule has 6 rings (SSSR count). The van der Waals surface area contributed by atoms with Crippen LogP contribution in [0.1, 0.15) is 29.7 Å². The van der Waals surface area contributed by atoms with Crippen LogP contribution in [-0.2, 0) is 6.54 Å². The summed E-state index contributed by atoms with van der Waals surface area (Å²) in [6.07, 6.45) is 0. The second kappa shape index (κ2) is 7.49. The number of aromatic nitrogens is 1. The third kappa shape index (κ3) is 3.09. The van der Waals surface area contributed by atoms with E-state index in [-0.39, 0.29) is 0 Å². The van der Waals surface area contributed by atoms with E-state index in [9.17, 15) is 5.26 Å². The number of benzene rings is 2. The molecule has 0 unspecified atom stereocenters. The van der Waals surface area contributed by atoms with Gasteiger partial charge in [-0.1, -0.05) is 6.07 Å². The fourth-order valence-electron chi connectivity index (χ4n) is 5.51. The van der Waals surface area contributed by atoms with Gasteiger partial charge in [-0.3, -0.25) is 4.90 Å². The average Bonchev–Trinajstić information content (AvgIpc) is 3.44. The van der Waals surface area contributed by atoms with E-state index >= 15 is 0 Å². The van der Waals surface area contributed by atoms with Crippen molar-refractivity contribution in [2.45, 2.75) is 25.6 Å². The van der Waals surface area contributed by atoms with Crippen LogP contribution in [0.5, 0.6) is 0 Å². The van der Waals surface area contributed by atoms with Gasteiger partial charge in [0.25, 0.3) is 0 Å². The van der Waals surface area contributed by atoms with Crippen molar-refractivity contribution in [3.05, 3.63) is 52.5 Å². The molecule has 3 aliphatic rings. The number of nitrogens with zero attached hydrogens (tertiary/aromatic N) is 5. The van der Waals surface area contributed by atoms with Crippen molar-refractivity contribution in [1.29, 1.82) is 5.26 Å². The van der Waals surface area contributed by atoms with E-state index in [0.717, 1.165) is 56.0 Å². The Kier molecular flexibility index (Phi) is 4.60. The van der Waals surface area contributed by atoms with E-state index in [0.29, 0.717) is 17.6 Å². The molecule has 4 heterocycles.